The molecule has 0 aromatic carbocycles. The zero-order chi connectivity index (χ0) is 17.5. The monoisotopic (exact) mass is 345 g/mol. The Hall–Kier alpha value is -2.45. The van der Waals surface area contributed by atoms with Crippen molar-refractivity contribution in [2.45, 2.75) is 6.54 Å². The predicted octanol–water partition coefficient (Wildman–Crippen LogP) is 1.04. The molecule has 1 aliphatic heterocycles. The third kappa shape index (κ3) is 5.01. The van der Waals surface area contributed by atoms with Gasteiger partial charge in [-0.25, -0.2) is 4.79 Å². The van der Waals surface area contributed by atoms with Crippen molar-refractivity contribution in [2.24, 2.45) is 7.05 Å². The number of pyridine rings is 1. The average molecular weight is 345 g/mol. The Morgan fingerprint density at radius 3 is 2.96 bits per heavy atom. The van der Waals surface area contributed by atoms with Gasteiger partial charge in [0.15, 0.2) is 0 Å². The minimum Gasteiger partial charge on any atom is -0.448 e. The summed E-state index contributed by atoms with van der Waals surface area (Å²) in [5.41, 5.74) is 2.84. The lowest BCUT2D eigenvalue weighted by atomic mass is 10.1. The van der Waals surface area contributed by atoms with Crippen molar-refractivity contribution >= 4 is 6.09 Å². The van der Waals surface area contributed by atoms with Gasteiger partial charge in [0, 0.05) is 57.4 Å². The largest absolute Gasteiger partial charge is 0.448 e. The second-order valence-electron chi connectivity index (χ2n) is 5.87. The number of morpholine rings is 1. The van der Waals surface area contributed by atoms with Gasteiger partial charge in [0.05, 0.1) is 18.9 Å². The standard InChI is InChI=1S/C17H23N5O3/c1-21-16(2-3-20-21)15-10-14(11-18-13-15)12-19-17(23)25-9-6-22-4-7-24-8-5-22/h2-3,10-11,13H,4-9,12H2,1H3,(H,19,23). The van der Waals surface area contributed by atoms with E-state index in [0.717, 1.165) is 49.7 Å². The molecule has 0 bridgehead atoms. The third-order valence-electron chi connectivity index (χ3n) is 4.09. The van der Waals surface area contributed by atoms with Crippen molar-refractivity contribution in [2.75, 3.05) is 39.5 Å². The fourth-order valence-electron chi connectivity index (χ4n) is 2.70. The predicted molar refractivity (Wildman–Crippen MR) is 91.9 cm³/mol. The van der Waals surface area contributed by atoms with Gasteiger partial charge in [-0.1, -0.05) is 0 Å². The summed E-state index contributed by atoms with van der Waals surface area (Å²) in [6, 6.07) is 3.91. The maximum absolute atomic E-state index is 11.8. The molecule has 2 aromatic heterocycles. The van der Waals surface area contributed by atoms with Gasteiger partial charge in [0.25, 0.3) is 0 Å². The van der Waals surface area contributed by atoms with E-state index in [1.807, 2.05) is 19.2 Å². The lowest BCUT2D eigenvalue weighted by molar-refractivity contribution is 0.0281. The van der Waals surface area contributed by atoms with E-state index in [1.165, 1.54) is 0 Å². The molecule has 1 N–H and O–H groups in total. The molecule has 25 heavy (non-hydrogen) atoms. The highest BCUT2D eigenvalue weighted by Crippen LogP contribution is 2.17. The SMILES string of the molecule is Cn1nccc1-c1cncc(CNC(=O)OCCN2CCOCC2)c1. The fourth-order valence-corrected chi connectivity index (χ4v) is 2.70. The van der Waals surface area contributed by atoms with Gasteiger partial charge in [-0.2, -0.15) is 5.10 Å². The zero-order valence-corrected chi connectivity index (χ0v) is 14.4. The van der Waals surface area contributed by atoms with E-state index in [0.29, 0.717) is 13.2 Å². The molecule has 0 unspecified atom stereocenters. The number of ether oxygens (including phenoxy) is 2. The molecule has 0 radical (unpaired) electrons. The lowest BCUT2D eigenvalue weighted by Gasteiger charge is -2.26. The normalized spacial score (nSPS) is 15.1. The Morgan fingerprint density at radius 2 is 2.20 bits per heavy atom. The van der Waals surface area contributed by atoms with Gasteiger partial charge >= 0.3 is 6.09 Å². The smallest absolute Gasteiger partial charge is 0.407 e. The molecular weight excluding hydrogens is 322 g/mol. The van der Waals surface area contributed by atoms with Crippen LogP contribution in [-0.2, 0) is 23.1 Å². The van der Waals surface area contributed by atoms with Crippen molar-refractivity contribution < 1.29 is 14.3 Å². The Kier molecular flexibility index (Phi) is 5.97. The van der Waals surface area contributed by atoms with Crippen molar-refractivity contribution in [3.05, 3.63) is 36.3 Å². The van der Waals surface area contributed by atoms with Crippen LogP contribution in [0.1, 0.15) is 5.56 Å². The molecule has 3 rings (SSSR count). The first-order valence-electron chi connectivity index (χ1n) is 8.35. The highest BCUT2D eigenvalue weighted by atomic mass is 16.5. The number of aryl methyl sites for hydroxylation is 1. The molecule has 0 aliphatic carbocycles. The number of carbonyl (C=O) groups is 1. The van der Waals surface area contributed by atoms with Crippen LogP contribution in [0.3, 0.4) is 0 Å². The summed E-state index contributed by atoms with van der Waals surface area (Å²) in [7, 11) is 1.88. The first kappa shape index (κ1) is 17.4. The van der Waals surface area contributed by atoms with E-state index in [9.17, 15) is 4.79 Å². The minimum atomic E-state index is -0.417. The molecule has 0 spiro atoms. The molecule has 1 fully saturated rings. The summed E-state index contributed by atoms with van der Waals surface area (Å²) in [4.78, 5) is 18.3. The van der Waals surface area contributed by atoms with Crippen LogP contribution in [0.4, 0.5) is 4.79 Å². The van der Waals surface area contributed by atoms with Crippen LogP contribution in [0.25, 0.3) is 11.3 Å². The summed E-state index contributed by atoms with van der Waals surface area (Å²) in [5.74, 6) is 0. The number of amides is 1. The van der Waals surface area contributed by atoms with E-state index in [4.69, 9.17) is 9.47 Å². The van der Waals surface area contributed by atoms with Crippen LogP contribution >= 0.6 is 0 Å². The maximum atomic E-state index is 11.8. The van der Waals surface area contributed by atoms with Crippen LogP contribution in [-0.4, -0.2) is 65.2 Å². The summed E-state index contributed by atoms with van der Waals surface area (Å²) < 4.78 is 12.3. The minimum absolute atomic E-state index is 0.370. The third-order valence-corrected chi connectivity index (χ3v) is 4.09. The topological polar surface area (TPSA) is 81.5 Å². The number of carbonyl (C=O) groups excluding carboxylic acids is 1. The highest BCUT2D eigenvalue weighted by Gasteiger charge is 2.11. The molecule has 0 saturated carbocycles. The van der Waals surface area contributed by atoms with E-state index in [-0.39, 0.29) is 0 Å². The van der Waals surface area contributed by atoms with Crippen molar-refractivity contribution in [3.63, 3.8) is 0 Å². The molecule has 8 heteroatoms. The second-order valence-corrected chi connectivity index (χ2v) is 5.87. The van der Waals surface area contributed by atoms with Gasteiger partial charge in [-0.05, 0) is 17.7 Å². The summed E-state index contributed by atoms with van der Waals surface area (Å²) in [6.07, 6.45) is 4.83. The molecular formula is C17H23N5O3. The van der Waals surface area contributed by atoms with Crippen LogP contribution < -0.4 is 5.32 Å². The second kappa shape index (κ2) is 8.59. The molecule has 134 valence electrons. The Balaban J connectivity index is 1.43. The van der Waals surface area contributed by atoms with E-state index in [1.54, 1.807) is 23.3 Å². The van der Waals surface area contributed by atoms with Gasteiger partial charge < -0.3 is 14.8 Å². The molecule has 8 nitrogen and oxygen atoms in total. The number of aromatic nitrogens is 3. The number of hydrogen-bond donors (Lipinski definition) is 1. The molecule has 1 aliphatic rings. The van der Waals surface area contributed by atoms with Crippen molar-refractivity contribution in [1.29, 1.82) is 0 Å². The zero-order valence-electron chi connectivity index (χ0n) is 14.4. The first-order valence-corrected chi connectivity index (χ1v) is 8.35. The van der Waals surface area contributed by atoms with E-state index < -0.39 is 6.09 Å². The average Bonchev–Trinajstić information content (AvgIpc) is 3.07. The molecule has 0 atom stereocenters. The van der Waals surface area contributed by atoms with E-state index in [2.05, 4.69) is 20.3 Å². The van der Waals surface area contributed by atoms with Gasteiger partial charge in [-0.15, -0.1) is 0 Å². The Labute approximate surface area is 146 Å². The van der Waals surface area contributed by atoms with Crippen LogP contribution in [0, 0.1) is 0 Å². The van der Waals surface area contributed by atoms with Crippen molar-refractivity contribution in [1.82, 2.24) is 25.0 Å². The quantitative estimate of drug-likeness (QED) is 0.842. The van der Waals surface area contributed by atoms with E-state index >= 15 is 0 Å². The molecule has 2 aromatic rings. The van der Waals surface area contributed by atoms with Crippen LogP contribution in [0.15, 0.2) is 30.7 Å². The number of nitrogens with one attached hydrogen (secondary N) is 1. The molecule has 1 amide bonds. The Bertz CT molecular complexity index is 697. The summed E-state index contributed by atoms with van der Waals surface area (Å²) >= 11 is 0. The number of hydrogen-bond acceptors (Lipinski definition) is 6. The maximum Gasteiger partial charge on any atom is 0.407 e. The highest BCUT2D eigenvalue weighted by molar-refractivity contribution is 5.67. The number of alkyl carbamates (subject to hydrolysis) is 1. The van der Waals surface area contributed by atoms with Crippen LogP contribution in [0.5, 0.6) is 0 Å². The molecule has 3 heterocycles. The molecule has 1 saturated heterocycles. The Morgan fingerprint density at radius 1 is 1.36 bits per heavy atom. The van der Waals surface area contributed by atoms with Gasteiger partial charge in [0.2, 0.25) is 0 Å². The van der Waals surface area contributed by atoms with Crippen molar-refractivity contribution in [3.8, 4) is 11.3 Å². The van der Waals surface area contributed by atoms with Crippen LogP contribution in [0.2, 0.25) is 0 Å². The lowest BCUT2D eigenvalue weighted by Crippen LogP contribution is -2.39. The van der Waals surface area contributed by atoms with Gasteiger partial charge in [-0.3, -0.25) is 14.6 Å². The number of rotatable bonds is 6. The summed E-state index contributed by atoms with van der Waals surface area (Å²) in [5, 5.41) is 6.91. The first-order chi connectivity index (χ1) is 12.2. The fraction of sp³-hybridized carbons (Fsp3) is 0.471. The van der Waals surface area contributed by atoms with Gasteiger partial charge in [0.1, 0.15) is 6.61 Å². The summed E-state index contributed by atoms with van der Waals surface area (Å²) in [6.45, 7) is 4.73. The number of nitrogens with zero attached hydrogens (tertiary/aromatic N) is 4.